The summed E-state index contributed by atoms with van der Waals surface area (Å²) in [5.74, 6) is 0. The Bertz CT molecular complexity index is 581. The molecule has 0 amide bonds. The Morgan fingerprint density at radius 3 is 2.22 bits per heavy atom. The molecule has 3 aromatic rings. The minimum Gasteiger partial charge on any atom is -0.139 e. The molecule has 0 unspecified atom stereocenters. The fourth-order valence-corrected chi connectivity index (χ4v) is 1.88. The lowest BCUT2D eigenvalue weighted by Gasteiger charge is -2.04. The van der Waals surface area contributed by atoms with Crippen LogP contribution in [-0.4, -0.2) is 15.4 Å². The molecule has 0 N–H and O–H groups in total. The van der Waals surface area contributed by atoms with Crippen LogP contribution in [0.25, 0.3) is 22.4 Å². The first-order valence-electron chi connectivity index (χ1n) is 5.74. The van der Waals surface area contributed by atoms with Crippen molar-refractivity contribution in [3.8, 4) is 22.4 Å². The third-order valence-electron chi connectivity index (χ3n) is 2.77. The van der Waals surface area contributed by atoms with Gasteiger partial charge in [-0.15, -0.1) is 10.2 Å². The number of rotatable bonds is 2. The Morgan fingerprint density at radius 1 is 0.667 bits per heavy atom. The van der Waals surface area contributed by atoms with Crippen LogP contribution in [0.4, 0.5) is 0 Å². The summed E-state index contributed by atoms with van der Waals surface area (Å²) in [7, 11) is 0. The zero-order valence-corrected chi connectivity index (χ0v) is 9.69. The summed E-state index contributed by atoms with van der Waals surface area (Å²) in [5.41, 5.74) is 4.25. The van der Waals surface area contributed by atoms with Gasteiger partial charge in [0.15, 0.2) is 0 Å². The largest absolute Gasteiger partial charge is 0.139 e. The second kappa shape index (κ2) is 4.75. The van der Waals surface area contributed by atoms with E-state index in [1.54, 1.807) is 6.20 Å². The van der Waals surface area contributed by atoms with Gasteiger partial charge in [0, 0.05) is 5.56 Å². The second-order valence-corrected chi connectivity index (χ2v) is 3.95. The van der Waals surface area contributed by atoms with Gasteiger partial charge in [-0.3, -0.25) is 0 Å². The molecule has 86 valence electrons. The molecule has 0 radical (unpaired) electrons. The van der Waals surface area contributed by atoms with Gasteiger partial charge in [0.05, 0.1) is 11.9 Å². The molecule has 3 heteroatoms. The van der Waals surface area contributed by atoms with Gasteiger partial charge in [0.2, 0.25) is 0 Å². The highest BCUT2D eigenvalue weighted by Crippen LogP contribution is 2.24. The van der Waals surface area contributed by atoms with E-state index in [4.69, 9.17) is 0 Å². The normalized spacial score (nSPS) is 10.2. The molecule has 0 saturated carbocycles. The minimum absolute atomic E-state index is 0.836. The average molecular weight is 233 g/mol. The van der Waals surface area contributed by atoms with Crippen molar-refractivity contribution in [3.63, 3.8) is 0 Å². The highest BCUT2D eigenvalue weighted by Gasteiger charge is 2.02. The van der Waals surface area contributed by atoms with Crippen molar-refractivity contribution in [2.75, 3.05) is 0 Å². The molecule has 0 aliphatic carbocycles. The molecule has 0 fully saturated rings. The summed E-state index contributed by atoms with van der Waals surface area (Å²) in [6.45, 7) is 0. The monoisotopic (exact) mass is 233 g/mol. The van der Waals surface area contributed by atoms with Crippen molar-refractivity contribution in [2.45, 2.75) is 0 Å². The molecule has 0 spiro atoms. The Balaban J connectivity index is 2.05. The van der Waals surface area contributed by atoms with Crippen molar-refractivity contribution in [1.29, 1.82) is 0 Å². The van der Waals surface area contributed by atoms with Crippen molar-refractivity contribution >= 4 is 0 Å². The van der Waals surface area contributed by atoms with Crippen LogP contribution in [0.1, 0.15) is 0 Å². The van der Waals surface area contributed by atoms with Gasteiger partial charge in [0.25, 0.3) is 0 Å². The van der Waals surface area contributed by atoms with E-state index in [9.17, 15) is 0 Å². The summed E-state index contributed by atoms with van der Waals surface area (Å²) < 4.78 is 0. The highest BCUT2D eigenvalue weighted by atomic mass is 15.3. The minimum atomic E-state index is 0.836. The summed E-state index contributed by atoms with van der Waals surface area (Å²) in [6.07, 6.45) is 1.65. The van der Waals surface area contributed by atoms with Crippen LogP contribution >= 0.6 is 0 Å². The van der Waals surface area contributed by atoms with Crippen molar-refractivity contribution < 1.29 is 0 Å². The molecule has 0 aliphatic heterocycles. The van der Waals surface area contributed by atoms with Gasteiger partial charge in [-0.2, -0.15) is 0 Å². The van der Waals surface area contributed by atoms with Crippen LogP contribution < -0.4 is 0 Å². The quantitative estimate of drug-likeness (QED) is 0.682. The van der Waals surface area contributed by atoms with E-state index in [0.717, 1.165) is 11.3 Å². The van der Waals surface area contributed by atoms with E-state index >= 15 is 0 Å². The molecule has 1 aromatic heterocycles. The van der Waals surface area contributed by atoms with Gasteiger partial charge in [-0.05, 0) is 28.5 Å². The van der Waals surface area contributed by atoms with Crippen LogP contribution in [0, 0.1) is 0 Å². The van der Waals surface area contributed by atoms with Gasteiger partial charge < -0.3 is 0 Å². The Labute approximate surface area is 105 Å². The van der Waals surface area contributed by atoms with Gasteiger partial charge in [0.1, 0.15) is 0 Å². The van der Waals surface area contributed by atoms with Crippen LogP contribution in [-0.2, 0) is 0 Å². The lowest BCUT2D eigenvalue weighted by Crippen LogP contribution is -1.89. The highest BCUT2D eigenvalue weighted by molar-refractivity contribution is 5.70. The third-order valence-corrected chi connectivity index (χ3v) is 2.77. The number of hydrogen-bond donors (Lipinski definition) is 0. The third kappa shape index (κ3) is 2.11. The summed E-state index contributed by atoms with van der Waals surface area (Å²) >= 11 is 0. The molecule has 2 aromatic carbocycles. The fourth-order valence-electron chi connectivity index (χ4n) is 1.88. The van der Waals surface area contributed by atoms with Crippen LogP contribution in [0.15, 0.2) is 66.9 Å². The van der Waals surface area contributed by atoms with Crippen molar-refractivity contribution in [3.05, 3.63) is 66.9 Å². The lowest BCUT2D eigenvalue weighted by molar-refractivity contribution is 0.870. The van der Waals surface area contributed by atoms with Gasteiger partial charge in [-0.1, -0.05) is 48.5 Å². The number of aromatic nitrogens is 3. The van der Waals surface area contributed by atoms with E-state index in [2.05, 4.69) is 39.7 Å². The van der Waals surface area contributed by atoms with Crippen molar-refractivity contribution in [2.24, 2.45) is 0 Å². The maximum Gasteiger partial charge on any atom is 0.0963 e. The lowest BCUT2D eigenvalue weighted by atomic mass is 10.0. The summed E-state index contributed by atoms with van der Waals surface area (Å²) in [6, 6.07) is 20.4. The summed E-state index contributed by atoms with van der Waals surface area (Å²) in [5, 5.41) is 11.4. The number of nitrogens with zero attached hydrogens (tertiary/aromatic N) is 3. The molecule has 0 aliphatic rings. The standard InChI is InChI=1S/C15H11N3/c1-2-5-12(6-3-1)13-7-4-8-14(11-13)15-9-10-16-18-17-15/h1-11H. The molecule has 0 saturated heterocycles. The van der Waals surface area contributed by atoms with Crippen LogP contribution in [0.5, 0.6) is 0 Å². The molecule has 0 bridgehead atoms. The van der Waals surface area contributed by atoms with Crippen LogP contribution in [0.2, 0.25) is 0 Å². The number of hydrogen-bond acceptors (Lipinski definition) is 3. The molecule has 0 atom stereocenters. The van der Waals surface area contributed by atoms with E-state index in [1.807, 2.05) is 36.4 Å². The van der Waals surface area contributed by atoms with Crippen LogP contribution in [0.3, 0.4) is 0 Å². The molecular weight excluding hydrogens is 222 g/mol. The maximum absolute atomic E-state index is 4.02. The fraction of sp³-hybridized carbons (Fsp3) is 0. The molecule has 18 heavy (non-hydrogen) atoms. The Kier molecular flexibility index (Phi) is 2.80. The second-order valence-electron chi connectivity index (χ2n) is 3.95. The number of benzene rings is 2. The predicted molar refractivity (Wildman–Crippen MR) is 70.7 cm³/mol. The summed E-state index contributed by atoms with van der Waals surface area (Å²) in [4.78, 5) is 0. The topological polar surface area (TPSA) is 38.7 Å². The van der Waals surface area contributed by atoms with Gasteiger partial charge in [-0.25, -0.2) is 0 Å². The van der Waals surface area contributed by atoms with Gasteiger partial charge >= 0.3 is 0 Å². The molecule has 3 nitrogen and oxygen atoms in total. The molecule has 3 rings (SSSR count). The van der Waals surface area contributed by atoms with Crippen molar-refractivity contribution in [1.82, 2.24) is 15.4 Å². The zero-order chi connectivity index (χ0) is 12.2. The van der Waals surface area contributed by atoms with E-state index in [0.29, 0.717) is 0 Å². The SMILES string of the molecule is c1ccc(-c2cccc(-c3ccnnn3)c2)cc1. The first-order valence-corrected chi connectivity index (χ1v) is 5.74. The smallest absolute Gasteiger partial charge is 0.0963 e. The van der Waals surface area contributed by atoms with E-state index in [-0.39, 0.29) is 0 Å². The predicted octanol–water partition coefficient (Wildman–Crippen LogP) is 3.21. The Morgan fingerprint density at radius 2 is 1.44 bits per heavy atom. The first kappa shape index (κ1) is 10.6. The Hall–Kier alpha value is -2.55. The van der Waals surface area contributed by atoms with E-state index in [1.165, 1.54) is 11.1 Å². The molecule has 1 heterocycles. The molecular formula is C15H11N3. The average Bonchev–Trinajstić information content (AvgIpc) is 2.49. The first-order chi connectivity index (χ1) is 8.93. The zero-order valence-electron chi connectivity index (χ0n) is 9.69. The maximum atomic E-state index is 4.02. The van der Waals surface area contributed by atoms with E-state index < -0.39 is 0 Å².